The van der Waals surface area contributed by atoms with Crippen molar-refractivity contribution in [3.8, 4) is 0 Å². The van der Waals surface area contributed by atoms with Crippen LogP contribution in [0.4, 0.5) is 11.4 Å². The van der Waals surface area contributed by atoms with Crippen molar-refractivity contribution in [3.05, 3.63) is 95.1 Å². The molecule has 3 aromatic rings. The van der Waals surface area contributed by atoms with Gasteiger partial charge in [-0.05, 0) is 47.9 Å². The largest absolute Gasteiger partial charge is 0.454 e. The van der Waals surface area contributed by atoms with Gasteiger partial charge in [0.15, 0.2) is 0 Å². The summed E-state index contributed by atoms with van der Waals surface area (Å²) in [5.74, 6) is -0.613. The molecule has 1 saturated heterocycles. The third-order valence-corrected chi connectivity index (χ3v) is 5.93. The first-order valence-electron chi connectivity index (χ1n) is 10.7. The van der Waals surface area contributed by atoms with Crippen LogP contribution in [0.15, 0.2) is 72.8 Å². The fourth-order valence-corrected chi connectivity index (χ4v) is 4.30. The number of para-hydroxylation sites is 2. The topological polar surface area (TPSA) is 75.7 Å². The normalized spacial score (nSPS) is 17.6. The van der Waals surface area contributed by atoms with Gasteiger partial charge in [-0.15, -0.1) is 0 Å². The molecule has 0 bridgehead atoms. The molecule has 1 fully saturated rings. The van der Waals surface area contributed by atoms with Crippen molar-refractivity contribution >= 4 is 29.2 Å². The molecular weight excluding hydrogens is 404 g/mol. The molecule has 2 aliphatic rings. The predicted molar refractivity (Wildman–Crippen MR) is 121 cm³/mol. The number of cyclic esters (lactones) is 1. The number of rotatable bonds is 4. The summed E-state index contributed by atoms with van der Waals surface area (Å²) in [6.45, 7) is 0.646. The Kier molecular flexibility index (Phi) is 5.19. The van der Waals surface area contributed by atoms with Crippen molar-refractivity contribution in [3.63, 3.8) is 0 Å². The smallest absolute Gasteiger partial charge is 0.339 e. The van der Waals surface area contributed by atoms with Gasteiger partial charge in [0.1, 0.15) is 6.10 Å². The zero-order chi connectivity index (χ0) is 22.1. The van der Waals surface area contributed by atoms with E-state index in [4.69, 9.17) is 4.74 Å². The van der Waals surface area contributed by atoms with Crippen LogP contribution < -0.4 is 10.2 Å². The maximum Gasteiger partial charge on any atom is 0.339 e. The number of esters is 1. The third-order valence-electron chi connectivity index (χ3n) is 5.93. The van der Waals surface area contributed by atoms with Crippen LogP contribution >= 0.6 is 0 Å². The molecule has 32 heavy (non-hydrogen) atoms. The predicted octanol–water partition coefficient (Wildman–Crippen LogP) is 4.52. The Balaban J connectivity index is 1.40. The highest BCUT2D eigenvalue weighted by Gasteiger charge is 2.29. The molecule has 0 saturated carbocycles. The van der Waals surface area contributed by atoms with Crippen LogP contribution in [-0.4, -0.2) is 24.3 Å². The maximum atomic E-state index is 13.1. The molecule has 0 aromatic heterocycles. The van der Waals surface area contributed by atoms with Crippen LogP contribution in [-0.2, 0) is 16.0 Å². The van der Waals surface area contributed by atoms with E-state index in [1.165, 1.54) is 0 Å². The summed E-state index contributed by atoms with van der Waals surface area (Å²) in [7, 11) is 0. The summed E-state index contributed by atoms with van der Waals surface area (Å²) >= 11 is 0. The van der Waals surface area contributed by atoms with Gasteiger partial charge in [0.25, 0.3) is 5.91 Å². The minimum absolute atomic E-state index is 0.0611. The van der Waals surface area contributed by atoms with E-state index >= 15 is 0 Å². The SMILES string of the molecule is O=C(Nc1ccccc1N1CCCC1=O)c1ccc2c(c1)C[C@@H](c1ccccc1)OC2=O. The van der Waals surface area contributed by atoms with Gasteiger partial charge in [0, 0.05) is 24.9 Å². The standard InChI is InChI=1S/C26H22N2O4/c29-24-11-6-14-28(24)22-10-5-4-9-21(22)27-25(30)18-12-13-20-19(15-18)16-23(32-26(20)31)17-7-2-1-3-8-17/h1-5,7-10,12-13,15,23H,6,11,14,16H2,(H,27,30)/t23-/m0/s1. The second kappa shape index (κ2) is 8.30. The Labute approximate surface area is 185 Å². The van der Waals surface area contributed by atoms with Gasteiger partial charge in [-0.25, -0.2) is 4.79 Å². The van der Waals surface area contributed by atoms with Crippen LogP contribution in [0.5, 0.6) is 0 Å². The molecule has 5 rings (SSSR count). The second-order valence-electron chi connectivity index (χ2n) is 8.00. The van der Waals surface area contributed by atoms with E-state index in [1.807, 2.05) is 48.5 Å². The number of ether oxygens (including phenoxy) is 1. The summed E-state index contributed by atoms with van der Waals surface area (Å²) < 4.78 is 5.60. The highest BCUT2D eigenvalue weighted by atomic mass is 16.5. The minimum atomic E-state index is -0.384. The Morgan fingerprint density at radius 3 is 2.53 bits per heavy atom. The highest BCUT2D eigenvalue weighted by Crippen LogP contribution is 2.32. The minimum Gasteiger partial charge on any atom is -0.454 e. The lowest BCUT2D eigenvalue weighted by atomic mass is 9.93. The van der Waals surface area contributed by atoms with Crippen molar-refractivity contribution < 1.29 is 19.1 Å². The summed E-state index contributed by atoms with van der Waals surface area (Å²) in [6, 6.07) is 21.9. The van der Waals surface area contributed by atoms with E-state index in [2.05, 4.69) is 5.32 Å². The molecule has 0 spiro atoms. The van der Waals surface area contributed by atoms with Gasteiger partial charge in [-0.1, -0.05) is 42.5 Å². The lowest BCUT2D eigenvalue weighted by molar-refractivity contribution is -0.117. The van der Waals surface area contributed by atoms with Gasteiger partial charge < -0.3 is 15.0 Å². The first kappa shape index (κ1) is 20.0. The van der Waals surface area contributed by atoms with E-state index in [-0.39, 0.29) is 23.9 Å². The fraction of sp³-hybridized carbons (Fsp3) is 0.192. The van der Waals surface area contributed by atoms with Gasteiger partial charge in [-0.3, -0.25) is 9.59 Å². The molecule has 160 valence electrons. The van der Waals surface area contributed by atoms with E-state index in [0.29, 0.717) is 41.9 Å². The molecule has 3 aromatic carbocycles. The number of anilines is 2. The molecule has 0 radical (unpaired) electrons. The van der Waals surface area contributed by atoms with Crippen molar-refractivity contribution in [2.45, 2.75) is 25.4 Å². The Morgan fingerprint density at radius 2 is 1.75 bits per heavy atom. The summed E-state index contributed by atoms with van der Waals surface area (Å²) in [6.07, 6.45) is 1.46. The average Bonchev–Trinajstić information content (AvgIpc) is 3.25. The molecule has 1 N–H and O–H groups in total. The number of benzene rings is 3. The fourth-order valence-electron chi connectivity index (χ4n) is 4.30. The number of hydrogen-bond acceptors (Lipinski definition) is 4. The van der Waals surface area contributed by atoms with Crippen LogP contribution in [0.3, 0.4) is 0 Å². The third kappa shape index (κ3) is 3.75. The first-order chi connectivity index (χ1) is 15.6. The van der Waals surface area contributed by atoms with Crippen molar-refractivity contribution in [2.75, 3.05) is 16.8 Å². The zero-order valence-corrected chi connectivity index (χ0v) is 17.4. The quantitative estimate of drug-likeness (QED) is 0.623. The van der Waals surface area contributed by atoms with Gasteiger partial charge >= 0.3 is 5.97 Å². The summed E-state index contributed by atoms with van der Waals surface area (Å²) in [4.78, 5) is 39.5. The van der Waals surface area contributed by atoms with Crippen molar-refractivity contribution in [1.82, 2.24) is 0 Å². The molecule has 2 aliphatic heterocycles. The van der Waals surface area contributed by atoms with E-state index in [9.17, 15) is 14.4 Å². The van der Waals surface area contributed by atoms with E-state index in [1.54, 1.807) is 29.2 Å². The number of hydrogen-bond donors (Lipinski definition) is 1. The summed E-state index contributed by atoms with van der Waals surface area (Å²) in [5.41, 5.74) is 3.93. The van der Waals surface area contributed by atoms with E-state index in [0.717, 1.165) is 17.5 Å². The molecule has 2 heterocycles. The number of amides is 2. The molecular formula is C26H22N2O4. The Bertz CT molecular complexity index is 1210. The molecule has 1 atom stereocenters. The molecule has 6 nitrogen and oxygen atoms in total. The molecule has 0 aliphatic carbocycles. The van der Waals surface area contributed by atoms with Gasteiger partial charge in [0.2, 0.25) is 5.91 Å². The van der Waals surface area contributed by atoms with Crippen molar-refractivity contribution in [1.29, 1.82) is 0 Å². The van der Waals surface area contributed by atoms with E-state index < -0.39 is 0 Å². The maximum absolute atomic E-state index is 13.1. The van der Waals surface area contributed by atoms with Crippen LogP contribution in [0.25, 0.3) is 0 Å². The lowest BCUT2D eigenvalue weighted by Crippen LogP contribution is -2.26. The van der Waals surface area contributed by atoms with Crippen LogP contribution in [0, 0.1) is 0 Å². The molecule has 2 amide bonds. The lowest BCUT2D eigenvalue weighted by Gasteiger charge is -2.25. The highest BCUT2D eigenvalue weighted by molar-refractivity contribution is 6.08. The number of nitrogens with one attached hydrogen (secondary N) is 1. The molecule has 6 heteroatoms. The Morgan fingerprint density at radius 1 is 0.969 bits per heavy atom. The number of fused-ring (bicyclic) bond motifs is 1. The monoisotopic (exact) mass is 426 g/mol. The zero-order valence-electron chi connectivity index (χ0n) is 17.4. The van der Waals surface area contributed by atoms with Crippen molar-refractivity contribution in [2.24, 2.45) is 0 Å². The van der Waals surface area contributed by atoms with Crippen LogP contribution in [0.1, 0.15) is 50.8 Å². The first-order valence-corrected chi connectivity index (χ1v) is 10.7. The summed E-state index contributed by atoms with van der Waals surface area (Å²) in [5, 5.41) is 2.94. The molecule has 0 unspecified atom stereocenters. The second-order valence-corrected chi connectivity index (χ2v) is 8.00. The van der Waals surface area contributed by atoms with Crippen LogP contribution in [0.2, 0.25) is 0 Å². The number of carbonyl (C=O) groups is 3. The average molecular weight is 426 g/mol. The van der Waals surface area contributed by atoms with Gasteiger partial charge in [-0.2, -0.15) is 0 Å². The number of nitrogens with zero attached hydrogens (tertiary/aromatic N) is 1. The number of carbonyl (C=O) groups excluding carboxylic acids is 3. The Hall–Kier alpha value is -3.93. The van der Waals surface area contributed by atoms with Gasteiger partial charge in [0.05, 0.1) is 16.9 Å².